The molecule has 1 heterocycles. The van der Waals surface area contributed by atoms with Gasteiger partial charge >= 0.3 is 0 Å². The third-order valence-corrected chi connectivity index (χ3v) is 3.31. The number of benzene rings is 1. The third-order valence-electron chi connectivity index (χ3n) is 2.43. The Labute approximate surface area is 118 Å². The SMILES string of the molecule is N#C/C(C(=O)Nc1ccc(F)cc1)=C(/O)c1cccs1. The zero-order valence-electron chi connectivity index (χ0n) is 10.1. The fraction of sp³-hybridized carbons (Fsp3) is 0. The summed E-state index contributed by atoms with van der Waals surface area (Å²) in [7, 11) is 0. The van der Waals surface area contributed by atoms with Crippen molar-refractivity contribution in [3.05, 3.63) is 58.0 Å². The van der Waals surface area contributed by atoms with Crippen molar-refractivity contribution in [2.75, 3.05) is 5.32 Å². The Bertz CT molecular complexity index is 685. The van der Waals surface area contributed by atoms with Gasteiger partial charge in [0.2, 0.25) is 0 Å². The Kier molecular flexibility index (Phi) is 4.13. The van der Waals surface area contributed by atoms with Gasteiger partial charge in [0.15, 0.2) is 11.3 Å². The van der Waals surface area contributed by atoms with Crippen LogP contribution in [0.1, 0.15) is 4.88 Å². The van der Waals surface area contributed by atoms with Crippen LogP contribution in [0.15, 0.2) is 47.4 Å². The van der Waals surface area contributed by atoms with E-state index in [1.807, 2.05) is 0 Å². The monoisotopic (exact) mass is 288 g/mol. The second-order valence-electron chi connectivity index (χ2n) is 3.77. The zero-order valence-corrected chi connectivity index (χ0v) is 10.9. The van der Waals surface area contributed by atoms with E-state index in [2.05, 4.69) is 5.32 Å². The standard InChI is InChI=1S/C14H9FN2O2S/c15-9-3-5-10(6-4-9)17-14(19)11(8-16)13(18)12-2-1-7-20-12/h1-7,18H,(H,17,19)/b13-11-. The normalized spacial score (nSPS) is 11.4. The van der Waals surface area contributed by atoms with E-state index in [9.17, 15) is 14.3 Å². The Morgan fingerprint density at radius 2 is 2.00 bits per heavy atom. The summed E-state index contributed by atoms with van der Waals surface area (Å²) in [6.45, 7) is 0. The van der Waals surface area contributed by atoms with Crippen molar-refractivity contribution in [3.8, 4) is 6.07 Å². The fourth-order valence-corrected chi connectivity index (χ4v) is 2.15. The van der Waals surface area contributed by atoms with Crippen molar-refractivity contribution in [2.45, 2.75) is 0 Å². The van der Waals surface area contributed by atoms with Gasteiger partial charge in [-0.1, -0.05) is 6.07 Å². The number of rotatable bonds is 3. The second-order valence-corrected chi connectivity index (χ2v) is 4.72. The van der Waals surface area contributed by atoms with Crippen molar-refractivity contribution in [1.82, 2.24) is 0 Å². The highest BCUT2D eigenvalue weighted by Gasteiger charge is 2.17. The summed E-state index contributed by atoms with van der Waals surface area (Å²) in [6.07, 6.45) is 0. The van der Waals surface area contributed by atoms with Gasteiger partial charge < -0.3 is 10.4 Å². The number of nitrogens with zero attached hydrogens (tertiary/aromatic N) is 1. The Morgan fingerprint density at radius 3 is 2.55 bits per heavy atom. The van der Waals surface area contributed by atoms with Crippen LogP contribution in [-0.2, 0) is 4.79 Å². The van der Waals surface area contributed by atoms with Crippen molar-refractivity contribution < 1.29 is 14.3 Å². The predicted octanol–water partition coefficient (Wildman–Crippen LogP) is 3.32. The van der Waals surface area contributed by atoms with Crippen molar-refractivity contribution >= 4 is 28.7 Å². The maximum Gasteiger partial charge on any atom is 0.270 e. The van der Waals surface area contributed by atoms with E-state index in [0.29, 0.717) is 10.6 Å². The molecular weight excluding hydrogens is 279 g/mol. The van der Waals surface area contributed by atoms with Crippen LogP contribution in [0.3, 0.4) is 0 Å². The summed E-state index contributed by atoms with van der Waals surface area (Å²) in [5, 5.41) is 23.1. The number of anilines is 1. The zero-order chi connectivity index (χ0) is 14.5. The van der Waals surface area contributed by atoms with Gasteiger partial charge in [-0.25, -0.2) is 4.39 Å². The number of nitriles is 1. The second kappa shape index (κ2) is 5.99. The predicted molar refractivity (Wildman–Crippen MR) is 74.5 cm³/mol. The molecule has 1 aromatic carbocycles. The van der Waals surface area contributed by atoms with Gasteiger partial charge in [-0.2, -0.15) is 5.26 Å². The molecule has 100 valence electrons. The summed E-state index contributed by atoms with van der Waals surface area (Å²) < 4.78 is 12.7. The maximum absolute atomic E-state index is 12.7. The number of aliphatic hydroxyl groups is 1. The quantitative estimate of drug-likeness (QED) is 0.517. The van der Waals surface area contributed by atoms with E-state index in [1.165, 1.54) is 35.6 Å². The van der Waals surface area contributed by atoms with E-state index in [1.54, 1.807) is 23.6 Å². The van der Waals surface area contributed by atoms with Gasteiger partial charge in [0.25, 0.3) is 5.91 Å². The van der Waals surface area contributed by atoms with Gasteiger partial charge in [-0.3, -0.25) is 4.79 Å². The molecule has 0 atom stereocenters. The lowest BCUT2D eigenvalue weighted by Crippen LogP contribution is -2.15. The molecule has 1 amide bonds. The summed E-state index contributed by atoms with van der Waals surface area (Å²) in [5.74, 6) is -1.55. The molecule has 0 aliphatic rings. The average Bonchev–Trinajstić information content (AvgIpc) is 2.96. The van der Waals surface area contributed by atoms with Crippen LogP contribution >= 0.6 is 11.3 Å². The highest BCUT2D eigenvalue weighted by Crippen LogP contribution is 2.21. The summed E-state index contributed by atoms with van der Waals surface area (Å²) in [5.41, 5.74) is -0.0556. The van der Waals surface area contributed by atoms with Crippen LogP contribution in [0.4, 0.5) is 10.1 Å². The molecule has 20 heavy (non-hydrogen) atoms. The van der Waals surface area contributed by atoms with Gasteiger partial charge in [-0.05, 0) is 35.7 Å². The lowest BCUT2D eigenvalue weighted by molar-refractivity contribution is -0.112. The van der Waals surface area contributed by atoms with Crippen molar-refractivity contribution in [1.29, 1.82) is 5.26 Å². The topological polar surface area (TPSA) is 73.1 Å². The third kappa shape index (κ3) is 3.02. The minimum Gasteiger partial charge on any atom is -0.505 e. The lowest BCUT2D eigenvalue weighted by Gasteiger charge is -2.05. The molecular formula is C14H9FN2O2S. The molecule has 4 nitrogen and oxygen atoms in total. The van der Waals surface area contributed by atoms with Crippen LogP contribution in [-0.4, -0.2) is 11.0 Å². The Morgan fingerprint density at radius 1 is 1.30 bits per heavy atom. The summed E-state index contributed by atoms with van der Waals surface area (Å²) in [6, 6.07) is 10.1. The molecule has 2 rings (SSSR count). The van der Waals surface area contributed by atoms with E-state index in [4.69, 9.17) is 5.26 Å². The number of hydrogen-bond donors (Lipinski definition) is 2. The first-order valence-electron chi connectivity index (χ1n) is 5.56. The molecule has 0 radical (unpaired) electrons. The highest BCUT2D eigenvalue weighted by atomic mass is 32.1. The molecule has 0 fully saturated rings. The van der Waals surface area contributed by atoms with Crippen LogP contribution in [0.5, 0.6) is 0 Å². The number of amides is 1. The van der Waals surface area contributed by atoms with Crippen LogP contribution in [0.25, 0.3) is 5.76 Å². The molecule has 0 aliphatic heterocycles. The molecule has 0 bridgehead atoms. The van der Waals surface area contributed by atoms with Gasteiger partial charge in [0.05, 0.1) is 4.88 Å². The van der Waals surface area contributed by atoms with E-state index < -0.39 is 17.3 Å². The number of carbonyl (C=O) groups is 1. The fourth-order valence-electron chi connectivity index (χ4n) is 1.47. The molecule has 6 heteroatoms. The number of hydrogen-bond acceptors (Lipinski definition) is 4. The van der Waals surface area contributed by atoms with E-state index >= 15 is 0 Å². The van der Waals surface area contributed by atoms with E-state index in [-0.39, 0.29) is 5.76 Å². The minimum atomic E-state index is -0.745. The van der Waals surface area contributed by atoms with Crippen molar-refractivity contribution in [3.63, 3.8) is 0 Å². The highest BCUT2D eigenvalue weighted by molar-refractivity contribution is 7.11. The molecule has 0 unspecified atom stereocenters. The molecule has 0 saturated carbocycles. The number of aliphatic hydroxyl groups excluding tert-OH is 1. The molecule has 0 spiro atoms. The summed E-state index contributed by atoms with van der Waals surface area (Å²) in [4.78, 5) is 12.4. The molecule has 2 N–H and O–H groups in total. The van der Waals surface area contributed by atoms with Gasteiger partial charge in [-0.15, -0.1) is 11.3 Å². The average molecular weight is 288 g/mol. The lowest BCUT2D eigenvalue weighted by atomic mass is 10.2. The maximum atomic E-state index is 12.7. The molecule has 0 aliphatic carbocycles. The number of thiophene rings is 1. The summed E-state index contributed by atoms with van der Waals surface area (Å²) >= 11 is 1.21. The molecule has 2 aromatic rings. The minimum absolute atomic E-state index is 0.336. The molecule has 0 saturated heterocycles. The van der Waals surface area contributed by atoms with Crippen LogP contribution < -0.4 is 5.32 Å². The van der Waals surface area contributed by atoms with Crippen LogP contribution in [0, 0.1) is 17.1 Å². The van der Waals surface area contributed by atoms with Crippen LogP contribution in [0.2, 0.25) is 0 Å². The molecule has 1 aromatic heterocycles. The van der Waals surface area contributed by atoms with Crippen molar-refractivity contribution in [2.24, 2.45) is 0 Å². The first kappa shape index (κ1) is 13.8. The largest absolute Gasteiger partial charge is 0.505 e. The number of nitrogens with one attached hydrogen (secondary N) is 1. The number of halogens is 1. The number of carbonyl (C=O) groups excluding carboxylic acids is 1. The van der Waals surface area contributed by atoms with Gasteiger partial charge in [0, 0.05) is 5.69 Å². The Hall–Kier alpha value is -2.65. The van der Waals surface area contributed by atoms with E-state index in [0.717, 1.165) is 0 Å². The smallest absolute Gasteiger partial charge is 0.270 e. The Balaban J connectivity index is 2.24. The first-order valence-corrected chi connectivity index (χ1v) is 6.44. The first-order chi connectivity index (χ1) is 9.61. The van der Waals surface area contributed by atoms with Gasteiger partial charge in [0.1, 0.15) is 11.9 Å².